The molecule has 1 aromatic carbocycles. The van der Waals surface area contributed by atoms with Crippen molar-refractivity contribution in [2.45, 2.75) is 31.1 Å². The summed E-state index contributed by atoms with van der Waals surface area (Å²) in [5, 5.41) is 9.47. The predicted octanol–water partition coefficient (Wildman–Crippen LogP) is 2.75. The third kappa shape index (κ3) is 1.58. The van der Waals surface area contributed by atoms with Gasteiger partial charge in [-0.05, 0) is 48.8 Å². The van der Waals surface area contributed by atoms with Gasteiger partial charge in [0.05, 0.1) is 7.11 Å². The first kappa shape index (κ1) is 11.1. The molecule has 0 saturated heterocycles. The summed E-state index contributed by atoms with van der Waals surface area (Å²) < 4.78 is 5.32. The molecule has 2 aliphatic rings. The molecule has 0 radical (unpaired) electrons. The molecular formula is C15H20O2. The summed E-state index contributed by atoms with van der Waals surface area (Å²) in [7, 11) is 1.71. The van der Waals surface area contributed by atoms with Crippen LogP contribution in [0.5, 0.6) is 5.75 Å². The zero-order valence-corrected chi connectivity index (χ0v) is 10.4. The summed E-state index contributed by atoms with van der Waals surface area (Å²) in [4.78, 5) is 0. The number of aliphatic hydroxyl groups is 1. The fourth-order valence-electron chi connectivity index (χ4n) is 3.50. The average Bonchev–Trinajstić information content (AvgIpc) is 3.02. The van der Waals surface area contributed by atoms with Crippen LogP contribution in [0.1, 0.15) is 31.2 Å². The van der Waals surface area contributed by atoms with Gasteiger partial charge in [-0.2, -0.15) is 0 Å². The van der Waals surface area contributed by atoms with Gasteiger partial charge >= 0.3 is 0 Å². The van der Waals surface area contributed by atoms with Gasteiger partial charge in [0.1, 0.15) is 5.75 Å². The lowest BCUT2D eigenvalue weighted by atomic mass is 9.69. The molecule has 0 heterocycles. The lowest BCUT2D eigenvalue weighted by Crippen LogP contribution is -2.29. The summed E-state index contributed by atoms with van der Waals surface area (Å²) in [5.74, 6) is 2.19. The molecule has 92 valence electrons. The molecule has 2 atom stereocenters. The second kappa shape index (κ2) is 4.02. The third-order valence-electron chi connectivity index (χ3n) is 4.81. The standard InChI is InChI=1S/C15H20O2/c1-17-14-7-3-6-12(8-14)15(9-13(15)10-16)11-4-2-5-11/h3,6-8,11,13,16H,2,4-5,9-10H2,1H3. The van der Waals surface area contributed by atoms with Crippen molar-refractivity contribution in [1.82, 2.24) is 0 Å². The van der Waals surface area contributed by atoms with Gasteiger partial charge in [0, 0.05) is 12.0 Å². The van der Waals surface area contributed by atoms with E-state index in [4.69, 9.17) is 4.74 Å². The van der Waals surface area contributed by atoms with Crippen LogP contribution in [-0.2, 0) is 5.41 Å². The minimum atomic E-state index is 0.265. The number of hydrogen-bond donors (Lipinski definition) is 1. The Morgan fingerprint density at radius 2 is 2.24 bits per heavy atom. The van der Waals surface area contributed by atoms with Crippen LogP contribution in [0.3, 0.4) is 0 Å². The van der Waals surface area contributed by atoms with Crippen molar-refractivity contribution in [3.8, 4) is 5.75 Å². The van der Waals surface area contributed by atoms with E-state index >= 15 is 0 Å². The smallest absolute Gasteiger partial charge is 0.119 e. The normalized spacial score (nSPS) is 32.0. The van der Waals surface area contributed by atoms with E-state index < -0.39 is 0 Å². The first-order valence-electron chi connectivity index (χ1n) is 6.56. The van der Waals surface area contributed by atoms with E-state index in [1.807, 2.05) is 6.07 Å². The van der Waals surface area contributed by atoms with Gasteiger partial charge in [0.25, 0.3) is 0 Å². The molecule has 2 saturated carbocycles. The van der Waals surface area contributed by atoms with Crippen LogP contribution in [0, 0.1) is 11.8 Å². The highest BCUT2D eigenvalue weighted by Gasteiger charge is 2.60. The Labute approximate surface area is 103 Å². The van der Waals surface area contributed by atoms with E-state index in [1.54, 1.807) is 7.11 Å². The van der Waals surface area contributed by atoms with Crippen molar-refractivity contribution in [3.05, 3.63) is 29.8 Å². The average molecular weight is 232 g/mol. The van der Waals surface area contributed by atoms with Crippen LogP contribution in [0.25, 0.3) is 0 Å². The van der Waals surface area contributed by atoms with Crippen molar-refractivity contribution in [1.29, 1.82) is 0 Å². The fourth-order valence-corrected chi connectivity index (χ4v) is 3.50. The molecule has 2 heteroatoms. The monoisotopic (exact) mass is 232 g/mol. The summed E-state index contributed by atoms with van der Waals surface area (Å²) in [6.45, 7) is 0.327. The van der Waals surface area contributed by atoms with Crippen molar-refractivity contribution in [2.24, 2.45) is 11.8 Å². The molecule has 2 unspecified atom stereocenters. The van der Waals surface area contributed by atoms with Crippen molar-refractivity contribution in [3.63, 3.8) is 0 Å². The lowest BCUT2D eigenvalue weighted by molar-refractivity contribution is 0.197. The maximum absolute atomic E-state index is 9.47. The molecule has 0 aliphatic heterocycles. The van der Waals surface area contributed by atoms with Crippen LogP contribution in [0.2, 0.25) is 0 Å². The van der Waals surface area contributed by atoms with Crippen molar-refractivity contribution < 1.29 is 9.84 Å². The van der Waals surface area contributed by atoms with Crippen LogP contribution in [0.15, 0.2) is 24.3 Å². The summed E-state index contributed by atoms with van der Waals surface area (Å²) in [6.07, 6.45) is 5.16. The number of ether oxygens (including phenoxy) is 1. The number of rotatable bonds is 4. The maximum Gasteiger partial charge on any atom is 0.119 e. The van der Waals surface area contributed by atoms with E-state index in [-0.39, 0.29) is 5.41 Å². The highest BCUT2D eigenvalue weighted by Crippen LogP contribution is 2.63. The predicted molar refractivity (Wildman–Crippen MR) is 67.2 cm³/mol. The molecule has 0 bridgehead atoms. The Morgan fingerprint density at radius 3 is 2.76 bits per heavy atom. The molecule has 1 aromatic rings. The molecule has 1 N–H and O–H groups in total. The molecule has 2 aliphatic carbocycles. The van der Waals surface area contributed by atoms with Gasteiger partial charge in [-0.25, -0.2) is 0 Å². The second-order valence-corrected chi connectivity index (χ2v) is 5.48. The molecule has 3 rings (SSSR count). The van der Waals surface area contributed by atoms with E-state index in [2.05, 4.69) is 18.2 Å². The van der Waals surface area contributed by atoms with Crippen molar-refractivity contribution >= 4 is 0 Å². The lowest BCUT2D eigenvalue weighted by Gasteiger charge is -2.35. The van der Waals surface area contributed by atoms with Crippen LogP contribution in [0.4, 0.5) is 0 Å². The quantitative estimate of drug-likeness (QED) is 0.865. The molecule has 2 nitrogen and oxygen atoms in total. The first-order valence-corrected chi connectivity index (χ1v) is 6.56. The minimum Gasteiger partial charge on any atom is -0.497 e. The number of aliphatic hydroxyl groups excluding tert-OH is 1. The Hall–Kier alpha value is -1.02. The highest BCUT2D eigenvalue weighted by molar-refractivity contribution is 5.40. The van der Waals surface area contributed by atoms with Crippen molar-refractivity contribution in [2.75, 3.05) is 13.7 Å². The van der Waals surface area contributed by atoms with E-state index in [9.17, 15) is 5.11 Å². The van der Waals surface area contributed by atoms with Gasteiger partial charge in [0.15, 0.2) is 0 Å². The van der Waals surface area contributed by atoms with Crippen LogP contribution < -0.4 is 4.74 Å². The summed E-state index contributed by atoms with van der Waals surface area (Å²) in [5.41, 5.74) is 1.64. The highest BCUT2D eigenvalue weighted by atomic mass is 16.5. The SMILES string of the molecule is COc1cccc(C2(C3CCC3)CC2CO)c1. The van der Waals surface area contributed by atoms with Gasteiger partial charge in [-0.3, -0.25) is 0 Å². The van der Waals surface area contributed by atoms with E-state index in [0.717, 1.165) is 18.1 Å². The van der Waals surface area contributed by atoms with Gasteiger partial charge in [-0.15, -0.1) is 0 Å². The minimum absolute atomic E-state index is 0.265. The van der Waals surface area contributed by atoms with E-state index in [1.165, 1.54) is 24.8 Å². The molecule has 0 aromatic heterocycles. The van der Waals surface area contributed by atoms with Crippen LogP contribution >= 0.6 is 0 Å². The molecule has 17 heavy (non-hydrogen) atoms. The molecular weight excluding hydrogens is 212 g/mol. The maximum atomic E-state index is 9.47. The third-order valence-corrected chi connectivity index (χ3v) is 4.81. The topological polar surface area (TPSA) is 29.5 Å². The zero-order valence-electron chi connectivity index (χ0n) is 10.4. The Kier molecular flexibility index (Phi) is 2.62. The zero-order chi connectivity index (χ0) is 11.9. The van der Waals surface area contributed by atoms with E-state index in [0.29, 0.717) is 12.5 Å². The molecule has 0 amide bonds. The fraction of sp³-hybridized carbons (Fsp3) is 0.600. The Bertz CT molecular complexity index is 411. The Morgan fingerprint density at radius 1 is 1.41 bits per heavy atom. The molecule has 0 spiro atoms. The number of hydrogen-bond acceptors (Lipinski definition) is 2. The van der Waals surface area contributed by atoms with Gasteiger partial charge < -0.3 is 9.84 Å². The van der Waals surface area contributed by atoms with Gasteiger partial charge in [-0.1, -0.05) is 18.6 Å². The van der Waals surface area contributed by atoms with Crippen LogP contribution in [-0.4, -0.2) is 18.8 Å². The first-order chi connectivity index (χ1) is 8.31. The largest absolute Gasteiger partial charge is 0.497 e. The number of benzene rings is 1. The molecule has 2 fully saturated rings. The number of methoxy groups -OCH3 is 1. The summed E-state index contributed by atoms with van der Waals surface area (Å²) >= 11 is 0. The van der Waals surface area contributed by atoms with Gasteiger partial charge in [0.2, 0.25) is 0 Å². The summed E-state index contributed by atoms with van der Waals surface area (Å²) in [6, 6.07) is 8.43. The second-order valence-electron chi connectivity index (χ2n) is 5.48. The Balaban J connectivity index is 1.93.